The first kappa shape index (κ1) is 14.4. The van der Waals surface area contributed by atoms with Crippen molar-refractivity contribution in [3.63, 3.8) is 0 Å². The van der Waals surface area contributed by atoms with Gasteiger partial charge in [-0.25, -0.2) is 0 Å². The molecule has 2 N–H and O–H groups in total. The molecule has 3 nitrogen and oxygen atoms in total. The van der Waals surface area contributed by atoms with Gasteiger partial charge in [-0.3, -0.25) is 10.1 Å². The van der Waals surface area contributed by atoms with Crippen LogP contribution in [0.4, 0.5) is 0 Å². The molecular formula is C13H18INO2. The number of carboxylic acids is 1. The topological polar surface area (TPSA) is 49.3 Å². The fourth-order valence-corrected chi connectivity index (χ4v) is 2.03. The van der Waals surface area contributed by atoms with Gasteiger partial charge < -0.3 is 5.11 Å². The van der Waals surface area contributed by atoms with Gasteiger partial charge in [0.15, 0.2) is 0 Å². The molecule has 0 fully saturated rings. The molecule has 0 aromatic heterocycles. The fourth-order valence-electron chi connectivity index (χ4n) is 1.67. The molecule has 2 atom stereocenters. The molecule has 0 heterocycles. The molecule has 0 aliphatic carbocycles. The van der Waals surface area contributed by atoms with Crippen LogP contribution in [-0.4, -0.2) is 17.1 Å². The summed E-state index contributed by atoms with van der Waals surface area (Å²) in [7, 11) is 0. The van der Waals surface area contributed by atoms with Crippen LogP contribution < -0.4 is 5.32 Å². The van der Waals surface area contributed by atoms with Crippen molar-refractivity contribution in [2.45, 2.75) is 32.9 Å². The van der Waals surface area contributed by atoms with Crippen molar-refractivity contribution >= 4 is 28.6 Å². The van der Waals surface area contributed by atoms with E-state index in [0.29, 0.717) is 0 Å². The van der Waals surface area contributed by atoms with Crippen molar-refractivity contribution in [1.82, 2.24) is 5.32 Å². The Hall–Kier alpha value is -0.620. The lowest BCUT2D eigenvalue weighted by atomic mass is 10.0. The van der Waals surface area contributed by atoms with Crippen LogP contribution in [0.1, 0.15) is 32.4 Å². The molecule has 1 aromatic rings. The molecule has 2 unspecified atom stereocenters. The van der Waals surface area contributed by atoms with Crippen LogP contribution in [0.5, 0.6) is 0 Å². The molecule has 1 aromatic carbocycles. The maximum Gasteiger partial charge on any atom is 0.320 e. The van der Waals surface area contributed by atoms with Gasteiger partial charge in [0.05, 0.1) is 0 Å². The number of carbonyl (C=O) groups is 1. The summed E-state index contributed by atoms with van der Waals surface area (Å²) in [5.41, 5.74) is 1.11. The van der Waals surface area contributed by atoms with Crippen LogP contribution in [0, 0.1) is 9.49 Å². The number of benzene rings is 1. The van der Waals surface area contributed by atoms with E-state index in [1.165, 1.54) is 3.57 Å². The molecular weight excluding hydrogens is 329 g/mol. The Bertz CT molecular complexity index is 376. The van der Waals surface area contributed by atoms with E-state index in [2.05, 4.69) is 27.9 Å². The van der Waals surface area contributed by atoms with Gasteiger partial charge in [0.1, 0.15) is 6.04 Å². The average Bonchev–Trinajstić information content (AvgIpc) is 2.25. The summed E-state index contributed by atoms with van der Waals surface area (Å²) in [5.74, 6) is -0.726. The van der Waals surface area contributed by atoms with Crippen LogP contribution in [-0.2, 0) is 4.79 Å². The van der Waals surface area contributed by atoms with Gasteiger partial charge in [0.2, 0.25) is 0 Å². The molecule has 0 saturated heterocycles. The summed E-state index contributed by atoms with van der Waals surface area (Å²) in [5, 5.41) is 12.3. The highest BCUT2D eigenvalue weighted by atomic mass is 127. The molecule has 0 aliphatic rings. The largest absolute Gasteiger partial charge is 0.480 e. The molecule has 0 spiro atoms. The lowest BCUT2D eigenvalue weighted by molar-refractivity contribution is -0.140. The molecule has 0 saturated carbocycles. The summed E-state index contributed by atoms with van der Waals surface area (Å²) in [6.45, 7) is 5.80. The Morgan fingerprint density at radius 3 is 2.18 bits per heavy atom. The zero-order valence-electron chi connectivity index (χ0n) is 10.3. The number of carboxylic acid groups (broad SMARTS) is 1. The van der Waals surface area contributed by atoms with E-state index in [0.717, 1.165) is 5.56 Å². The number of rotatable bonds is 5. The molecule has 94 valence electrons. The van der Waals surface area contributed by atoms with Gasteiger partial charge in [0, 0.05) is 9.61 Å². The maximum atomic E-state index is 11.1. The molecule has 0 amide bonds. The summed E-state index contributed by atoms with van der Waals surface area (Å²) in [4.78, 5) is 11.1. The Labute approximate surface area is 116 Å². The third-order valence-electron chi connectivity index (χ3n) is 2.73. The van der Waals surface area contributed by atoms with E-state index in [4.69, 9.17) is 5.11 Å². The smallest absolute Gasteiger partial charge is 0.320 e. The quantitative estimate of drug-likeness (QED) is 0.805. The highest BCUT2D eigenvalue weighted by Gasteiger charge is 2.23. The van der Waals surface area contributed by atoms with Gasteiger partial charge in [0.25, 0.3) is 0 Å². The van der Waals surface area contributed by atoms with E-state index < -0.39 is 12.0 Å². The van der Waals surface area contributed by atoms with Gasteiger partial charge in [-0.1, -0.05) is 26.0 Å². The molecule has 1 rings (SSSR count). The summed E-state index contributed by atoms with van der Waals surface area (Å²) in [6, 6.07) is 7.63. The molecule has 0 radical (unpaired) electrons. The summed E-state index contributed by atoms with van der Waals surface area (Å²) < 4.78 is 1.18. The van der Waals surface area contributed by atoms with Crippen molar-refractivity contribution < 1.29 is 9.90 Å². The first-order valence-electron chi connectivity index (χ1n) is 5.66. The van der Waals surface area contributed by atoms with Crippen molar-refractivity contribution in [1.29, 1.82) is 0 Å². The van der Waals surface area contributed by atoms with Gasteiger partial charge in [-0.05, 0) is 53.1 Å². The number of nitrogens with one attached hydrogen (secondary N) is 1. The van der Waals surface area contributed by atoms with Crippen LogP contribution in [0.25, 0.3) is 0 Å². The normalized spacial score (nSPS) is 14.6. The Balaban J connectivity index is 2.73. The Morgan fingerprint density at radius 2 is 1.76 bits per heavy atom. The van der Waals surface area contributed by atoms with E-state index >= 15 is 0 Å². The second-order valence-electron chi connectivity index (χ2n) is 4.50. The van der Waals surface area contributed by atoms with Gasteiger partial charge in [-0.15, -0.1) is 0 Å². The van der Waals surface area contributed by atoms with Gasteiger partial charge >= 0.3 is 5.97 Å². The van der Waals surface area contributed by atoms with Crippen molar-refractivity contribution in [2.75, 3.05) is 0 Å². The van der Waals surface area contributed by atoms with Crippen molar-refractivity contribution in [2.24, 2.45) is 5.92 Å². The molecule has 4 heteroatoms. The average molecular weight is 347 g/mol. The van der Waals surface area contributed by atoms with Crippen LogP contribution in [0.3, 0.4) is 0 Å². The Kier molecular flexibility index (Phi) is 5.39. The lowest BCUT2D eigenvalue weighted by Crippen LogP contribution is -2.42. The second kappa shape index (κ2) is 6.35. The van der Waals surface area contributed by atoms with E-state index in [9.17, 15) is 4.79 Å². The molecule has 0 aliphatic heterocycles. The monoisotopic (exact) mass is 347 g/mol. The zero-order chi connectivity index (χ0) is 13.0. The minimum absolute atomic E-state index is 0.0375. The molecule has 17 heavy (non-hydrogen) atoms. The van der Waals surface area contributed by atoms with E-state index in [1.807, 2.05) is 45.0 Å². The Morgan fingerprint density at radius 1 is 1.24 bits per heavy atom. The summed E-state index contributed by atoms with van der Waals surface area (Å²) in [6.07, 6.45) is 0. The highest BCUT2D eigenvalue weighted by Crippen LogP contribution is 2.16. The maximum absolute atomic E-state index is 11.1. The van der Waals surface area contributed by atoms with E-state index in [-0.39, 0.29) is 12.0 Å². The fraction of sp³-hybridized carbons (Fsp3) is 0.462. The third-order valence-corrected chi connectivity index (χ3v) is 3.45. The number of aliphatic carboxylic acids is 1. The third kappa shape index (κ3) is 4.27. The van der Waals surface area contributed by atoms with Gasteiger partial charge in [-0.2, -0.15) is 0 Å². The first-order valence-corrected chi connectivity index (χ1v) is 6.74. The van der Waals surface area contributed by atoms with Crippen LogP contribution in [0.15, 0.2) is 24.3 Å². The number of halogens is 1. The SMILES string of the molecule is CC(NC(C(=O)O)C(C)C)c1ccc(I)cc1. The highest BCUT2D eigenvalue weighted by molar-refractivity contribution is 14.1. The zero-order valence-corrected chi connectivity index (χ0v) is 12.4. The minimum atomic E-state index is -0.794. The van der Waals surface area contributed by atoms with Crippen LogP contribution in [0.2, 0.25) is 0 Å². The predicted octanol–water partition coefficient (Wildman–Crippen LogP) is 3.05. The van der Waals surface area contributed by atoms with E-state index in [1.54, 1.807) is 0 Å². The lowest BCUT2D eigenvalue weighted by Gasteiger charge is -2.23. The van der Waals surface area contributed by atoms with Crippen molar-refractivity contribution in [3.05, 3.63) is 33.4 Å². The second-order valence-corrected chi connectivity index (χ2v) is 5.75. The predicted molar refractivity (Wildman–Crippen MR) is 77.0 cm³/mol. The molecule has 0 bridgehead atoms. The minimum Gasteiger partial charge on any atom is -0.480 e. The number of hydrogen-bond donors (Lipinski definition) is 2. The summed E-state index contributed by atoms with van der Waals surface area (Å²) >= 11 is 2.25. The van der Waals surface area contributed by atoms with Crippen LogP contribution >= 0.6 is 22.6 Å². The van der Waals surface area contributed by atoms with Crippen molar-refractivity contribution in [3.8, 4) is 0 Å². The standard InChI is InChI=1S/C13H18INO2/c1-8(2)12(13(16)17)15-9(3)10-4-6-11(14)7-5-10/h4-9,12,15H,1-3H3,(H,16,17). The number of hydrogen-bond acceptors (Lipinski definition) is 2. The first-order chi connectivity index (χ1) is 7.91.